The first kappa shape index (κ1) is 26.5. The molecule has 0 aliphatic carbocycles. The average Bonchev–Trinajstić information content (AvgIpc) is 2.82. The number of hydrogen-bond acceptors (Lipinski definition) is 7. The zero-order valence-corrected chi connectivity index (χ0v) is 20.8. The molecule has 0 bridgehead atoms. The Morgan fingerprint density at radius 1 is 0.917 bits per heavy atom. The Morgan fingerprint density at radius 3 is 2.31 bits per heavy atom. The molecule has 3 N–H and O–H groups in total. The summed E-state index contributed by atoms with van der Waals surface area (Å²) in [6.07, 6.45) is 0. The van der Waals surface area contributed by atoms with E-state index in [9.17, 15) is 22.8 Å². The average molecular weight is 532 g/mol. The molecule has 3 aromatic carbocycles. The van der Waals surface area contributed by atoms with Crippen molar-refractivity contribution in [1.29, 1.82) is 0 Å². The number of urea groups is 1. The first-order valence-electron chi connectivity index (χ1n) is 10.4. The number of benzene rings is 3. The topological polar surface area (TPSA) is 140 Å². The maximum atomic E-state index is 12.8. The molecule has 0 spiro atoms. The fourth-order valence-electron chi connectivity index (χ4n) is 3.07. The second kappa shape index (κ2) is 11.6. The van der Waals surface area contributed by atoms with E-state index < -0.39 is 27.9 Å². The molecule has 0 saturated carbocycles. The minimum atomic E-state index is -4.37. The lowest BCUT2D eigenvalue weighted by atomic mass is 10.2. The SMILES string of the molecule is COc1ccc(S(=O)(=O)NC(=O)Nc2cc(Cl)ccc2C(=O)OCc2ccccc2)cc1NC(C)=O. The molecular weight excluding hydrogens is 510 g/mol. The number of amides is 3. The molecule has 0 saturated heterocycles. The van der Waals surface area contributed by atoms with Crippen LogP contribution in [0.25, 0.3) is 0 Å². The molecule has 0 aromatic heterocycles. The van der Waals surface area contributed by atoms with Crippen molar-refractivity contribution in [3.63, 3.8) is 0 Å². The quantitative estimate of drug-likeness (QED) is 0.370. The predicted molar refractivity (Wildman–Crippen MR) is 134 cm³/mol. The van der Waals surface area contributed by atoms with Crippen LogP contribution < -0.4 is 20.1 Å². The van der Waals surface area contributed by atoms with Crippen molar-refractivity contribution in [3.8, 4) is 5.75 Å². The number of hydrogen-bond donors (Lipinski definition) is 3. The van der Waals surface area contributed by atoms with Crippen LogP contribution in [0.1, 0.15) is 22.8 Å². The molecule has 0 aliphatic heterocycles. The summed E-state index contributed by atoms with van der Waals surface area (Å²) in [4.78, 5) is 36.3. The van der Waals surface area contributed by atoms with Gasteiger partial charge in [-0.2, -0.15) is 0 Å². The Hall–Kier alpha value is -4.09. The third kappa shape index (κ3) is 6.96. The summed E-state index contributed by atoms with van der Waals surface area (Å²) in [7, 11) is -3.02. The highest BCUT2D eigenvalue weighted by molar-refractivity contribution is 7.90. The van der Waals surface area contributed by atoms with Gasteiger partial charge in [-0.05, 0) is 42.0 Å². The van der Waals surface area contributed by atoms with Gasteiger partial charge < -0.3 is 20.1 Å². The van der Waals surface area contributed by atoms with Gasteiger partial charge in [0, 0.05) is 11.9 Å². The van der Waals surface area contributed by atoms with Crippen molar-refractivity contribution in [2.75, 3.05) is 17.7 Å². The number of carbonyl (C=O) groups excluding carboxylic acids is 3. The summed E-state index contributed by atoms with van der Waals surface area (Å²) in [5.74, 6) is -0.962. The third-order valence-electron chi connectivity index (χ3n) is 4.68. The third-order valence-corrected chi connectivity index (χ3v) is 6.25. The Balaban J connectivity index is 1.76. The minimum absolute atomic E-state index is 0.00355. The molecule has 3 aromatic rings. The van der Waals surface area contributed by atoms with Gasteiger partial charge in [-0.25, -0.2) is 22.7 Å². The maximum Gasteiger partial charge on any atom is 0.340 e. The van der Waals surface area contributed by atoms with Crippen LogP contribution >= 0.6 is 11.6 Å². The molecule has 12 heteroatoms. The second-order valence-electron chi connectivity index (χ2n) is 7.35. The van der Waals surface area contributed by atoms with E-state index in [4.69, 9.17) is 21.1 Å². The fourth-order valence-corrected chi connectivity index (χ4v) is 4.17. The van der Waals surface area contributed by atoms with Crippen LogP contribution in [0.5, 0.6) is 5.75 Å². The van der Waals surface area contributed by atoms with Crippen LogP contribution in [0, 0.1) is 0 Å². The van der Waals surface area contributed by atoms with Crippen LogP contribution in [0.4, 0.5) is 16.2 Å². The number of esters is 1. The number of nitrogens with one attached hydrogen (secondary N) is 3. The van der Waals surface area contributed by atoms with E-state index in [-0.39, 0.29) is 39.2 Å². The lowest BCUT2D eigenvalue weighted by Gasteiger charge is -2.14. The Morgan fingerprint density at radius 2 is 1.64 bits per heavy atom. The Kier molecular flexibility index (Phi) is 8.51. The van der Waals surface area contributed by atoms with E-state index in [1.807, 2.05) is 10.8 Å². The largest absolute Gasteiger partial charge is 0.495 e. The Bertz CT molecular complexity index is 1400. The van der Waals surface area contributed by atoms with Gasteiger partial charge >= 0.3 is 12.0 Å². The summed E-state index contributed by atoms with van der Waals surface area (Å²) in [5.41, 5.74) is 0.782. The molecule has 0 unspecified atom stereocenters. The fraction of sp³-hybridized carbons (Fsp3) is 0.125. The van der Waals surface area contributed by atoms with Crippen LogP contribution in [0.3, 0.4) is 0 Å². The summed E-state index contributed by atoms with van der Waals surface area (Å²) >= 11 is 6.01. The predicted octanol–water partition coefficient (Wildman–Crippen LogP) is 4.17. The van der Waals surface area contributed by atoms with Crippen molar-refractivity contribution >= 4 is 50.9 Å². The zero-order chi connectivity index (χ0) is 26.3. The minimum Gasteiger partial charge on any atom is -0.495 e. The number of anilines is 2. The molecule has 36 heavy (non-hydrogen) atoms. The van der Waals surface area contributed by atoms with Crippen molar-refractivity contribution in [3.05, 3.63) is 82.9 Å². The monoisotopic (exact) mass is 531 g/mol. The normalized spacial score (nSPS) is 10.8. The molecule has 10 nitrogen and oxygen atoms in total. The Labute approximate surface area is 212 Å². The first-order valence-corrected chi connectivity index (χ1v) is 12.2. The van der Waals surface area contributed by atoms with Gasteiger partial charge in [0.15, 0.2) is 0 Å². The van der Waals surface area contributed by atoms with Gasteiger partial charge in [-0.1, -0.05) is 41.9 Å². The van der Waals surface area contributed by atoms with Crippen LogP contribution in [0.15, 0.2) is 71.6 Å². The summed E-state index contributed by atoms with van der Waals surface area (Å²) in [5, 5.41) is 4.97. The number of ether oxygens (including phenoxy) is 2. The molecular formula is C24H22ClN3O7S. The van der Waals surface area contributed by atoms with Crippen molar-refractivity contribution in [2.45, 2.75) is 18.4 Å². The smallest absolute Gasteiger partial charge is 0.340 e. The van der Waals surface area contributed by atoms with Gasteiger partial charge in [0.25, 0.3) is 10.0 Å². The number of carbonyl (C=O) groups is 3. The van der Waals surface area contributed by atoms with Crippen LogP contribution in [-0.2, 0) is 26.2 Å². The summed E-state index contributed by atoms with van der Waals surface area (Å²) in [6, 6.07) is 15.6. The first-order chi connectivity index (χ1) is 17.1. The van der Waals surface area contributed by atoms with E-state index >= 15 is 0 Å². The van der Waals surface area contributed by atoms with Gasteiger partial charge in [-0.3, -0.25) is 4.79 Å². The molecule has 0 radical (unpaired) electrons. The van der Waals surface area contributed by atoms with Gasteiger partial charge in [0.05, 0.1) is 28.9 Å². The van der Waals surface area contributed by atoms with Gasteiger partial charge in [-0.15, -0.1) is 0 Å². The molecule has 188 valence electrons. The standard InChI is InChI=1S/C24H22ClN3O7S/c1-15(29)26-21-13-18(9-11-22(21)34-2)36(32,33)28-24(31)27-20-12-17(25)8-10-19(20)23(30)35-14-16-6-4-3-5-7-16/h3-13H,14H2,1-2H3,(H,26,29)(H2,27,28,31). The van der Waals surface area contributed by atoms with Gasteiger partial charge in [0.2, 0.25) is 5.91 Å². The highest BCUT2D eigenvalue weighted by Crippen LogP contribution is 2.28. The number of rotatable bonds is 8. The van der Waals surface area contributed by atoms with Crippen LogP contribution in [-0.4, -0.2) is 33.4 Å². The van der Waals surface area contributed by atoms with Crippen molar-refractivity contribution in [1.82, 2.24) is 4.72 Å². The molecule has 0 atom stereocenters. The number of sulfonamides is 1. The lowest BCUT2D eigenvalue weighted by molar-refractivity contribution is -0.114. The summed E-state index contributed by atoms with van der Waals surface area (Å²) < 4.78 is 37.8. The molecule has 0 fully saturated rings. The van der Waals surface area contributed by atoms with E-state index in [2.05, 4.69) is 10.6 Å². The second-order valence-corrected chi connectivity index (χ2v) is 9.47. The van der Waals surface area contributed by atoms with Crippen LogP contribution in [0.2, 0.25) is 5.02 Å². The highest BCUT2D eigenvalue weighted by atomic mass is 35.5. The van der Waals surface area contributed by atoms with E-state index in [0.29, 0.717) is 0 Å². The number of halogens is 1. The summed E-state index contributed by atoms with van der Waals surface area (Å²) in [6.45, 7) is 1.25. The molecule has 3 amide bonds. The lowest BCUT2D eigenvalue weighted by Crippen LogP contribution is -2.34. The van der Waals surface area contributed by atoms with E-state index in [1.165, 1.54) is 44.4 Å². The highest BCUT2D eigenvalue weighted by Gasteiger charge is 2.22. The van der Waals surface area contributed by atoms with Gasteiger partial charge in [0.1, 0.15) is 12.4 Å². The molecule has 0 heterocycles. The van der Waals surface area contributed by atoms with E-state index in [0.717, 1.165) is 11.6 Å². The maximum absolute atomic E-state index is 12.8. The zero-order valence-electron chi connectivity index (χ0n) is 19.2. The molecule has 0 aliphatic rings. The van der Waals surface area contributed by atoms with E-state index in [1.54, 1.807) is 24.3 Å². The van der Waals surface area contributed by atoms with Crippen molar-refractivity contribution < 1.29 is 32.3 Å². The molecule has 3 rings (SSSR count). The number of methoxy groups -OCH3 is 1. The van der Waals surface area contributed by atoms with Crippen molar-refractivity contribution in [2.24, 2.45) is 0 Å².